The zero-order chi connectivity index (χ0) is 15.6. The number of sulfonamides is 1. The molecule has 0 bridgehead atoms. The van der Waals surface area contributed by atoms with Gasteiger partial charge in [-0.3, -0.25) is 0 Å². The molecule has 0 radical (unpaired) electrons. The summed E-state index contributed by atoms with van der Waals surface area (Å²) in [5, 5.41) is 0. The fourth-order valence-corrected chi connectivity index (χ4v) is 4.53. The molecule has 0 atom stereocenters. The van der Waals surface area contributed by atoms with E-state index in [0.29, 0.717) is 12.5 Å². The molecule has 0 amide bonds. The average molecular weight is 345 g/mol. The Morgan fingerprint density at radius 3 is 2.38 bits per heavy atom. The van der Waals surface area contributed by atoms with Crippen LogP contribution < -0.4 is 0 Å². The van der Waals surface area contributed by atoms with E-state index < -0.39 is 10.0 Å². The molecule has 0 saturated carbocycles. The van der Waals surface area contributed by atoms with E-state index in [1.807, 2.05) is 24.3 Å². The van der Waals surface area contributed by atoms with Crippen molar-refractivity contribution in [2.24, 2.45) is 0 Å². The molecule has 2 aromatic rings. The molecule has 114 valence electrons. The molecule has 0 fully saturated rings. The molecule has 0 N–H and O–H groups in total. The third-order valence-corrected chi connectivity index (χ3v) is 6.53. The van der Waals surface area contributed by atoms with Crippen LogP contribution in [0, 0.1) is 0 Å². The van der Waals surface area contributed by atoms with E-state index in [-0.39, 0.29) is 8.68 Å². The van der Waals surface area contributed by atoms with Crippen LogP contribution in [0.4, 0.5) is 0 Å². The Bertz CT molecular complexity index is 709. The minimum Gasteiger partial charge on any atom is -0.232 e. The molecule has 21 heavy (non-hydrogen) atoms. The fraction of sp³-hybridized carbons (Fsp3) is 0.357. The van der Waals surface area contributed by atoms with Crippen LogP contribution in [0.1, 0.15) is 30.9 Å². The van der Waals surface area contributed by atoms with Crippen LogP contribution in [0.25, 0.3) is 0 Å². The number of hydrogen-bond donors (Lipinski definition) is 0. The van der Waals surface area contributed by atoms with Crippen molar-refractivity contribution in [3.63, 3.8) is 0 Å². The lowest BCUT2D eigenvalue weighted by Gasteiger charge is -2.16. The van der Waals surface area contributed by atoms with Gasteiger partial charge in [0, 0.05) is 13.6 Å². The van der Waals surface area contributed by atoms with Gasteiger partial charge in [-0.2, -0.15) is 4.31 Å². The van der Waals surface area contributed by atoms with Gasteiger partial charge in [0.1, 0.15) is 0 Å². The highest BCUT2D eigenvalue weighted by Gasteiger charge is 2.23. The Kier molecular flexibility index (Phi) is 5.03. The lowest BCUT2D eigenvalue weighted by atomic mass is 10.0. The van der Waals surface area contributed by atoms with E-state index in [1.165, 1.54) is 16.1 Å². The first-order chi connectivity index (χ1) is 9.80. The van der Waals surface area contributed by atoms with Crippen molar-refractivity contribution >= 4 is 33.0 Å². The Morgan fingerprint density at radius 2 is 1.90 bits per heavy atom. The number of hydrogen-bond acceptors (Lipinski definition) is 4. The zero-order valence-corrected chi connectivity index (χ0v) is 14.5. The fourth-order valence-electron chi connectivity index (χ4n) is 1.86. The second-order valence-electron chi connectivity index (χ2n) is 5.09. The van der Waals surface area contributed by atoms with Crippen molar-refractivity contribution in [3.8, 4) is 0 Å². The molecule has 0 unspecified atom stereocenters. The van der Waals surface area contributed by atoms with Crippen LogP contribution in [0.15, 0.2) is 34.7 Å². The second-order valence-corrected chi connectivity index (χ2v) is 8.97. The van der Waals surface area contributed by atoms with Gasteiger partial charge >= 0.3 is 0 Å². The van der Waals surface area contributed by atoms with Gasteiger partial charge in [-0.25, -0.2) is 13.4 Å². The third kappa shape index (κ3) is 3.83. The lowest BCUT2D eigenvalue weighted by molar-refractivity contribution is 0.468. The molecule has 7 heteroatoms. The number of benzene rings is 1. The monoisotopic (exact) mass is 344 g/mol. The van der Waals surface area contributed by atoms with Crippen molar-refractivity contribution in [1.82, 2.24) is 9.29 Å². The van der Waals surface area contributed by atoms with Crippen LogP contribution in [0.5, 0.6) is 0 Å². The highest BCUT2D eigenvalue weighted by molar-refractivity contribution is 7.91. The van der Waals surface area contributed by atoms with Crippen LogP contribution in [-0.4, -0.2) is 24.8 Å². The second kappa shape index (κ2) is 6.44. The summed E-state index contributed by atoms with van der Waals surface area (Å²) < 4.78 is 26.4. The Balaban J connectivity index is 2.15. The van der Waals surface area contributed by atoms with Gasteiger partial charge in [0.2, 0.25) is 0 Å². The van der Waals surface area contributed by atoms with E-state index >= 15 is 0 Å². The van der Waals surface area contributed by atoms with E-state index in [9.17, 15) is 8.42 Å². The van der Waals surface area contributed by atoms with Crippen molar-refractivity contribution in [2.75, 3.05) is 7.05 Å². The van der Waals surface area contributed by atoms with Gasteiger partial charge < -0.3 is 0 Å². The predicted molar refractivity (Wildman–Crippen MR) is 86.3 cm³/mol. The van der Waals surface area contributed by atoms with Crippen LogP contribution in [0.3, 0.4) is 0 Å². The van der Waals surface area contributed by atoms with Crippen LogP contribution >= 0.6 is 22.9 Å². The largest absolute Gasteiger partial charge is 0.254 e. The maximum atomic E-state index is 12.4. The normalized spacial score (nSPS) is 12.3. The first-order valence-corrected chi connectivity index (χ1v) is 9.10. The third-order valence-electron chi connectivity index (χ3n) is 3.17. The van der Waals surface area contributed by atoms with Crippen molar-refractivity contribution in [1.29, 1.82) is 0 Å². The maximum absolute atomic E-state index is 12.4. The van der Waals surface area contributed by atoms with Gasteiger partial charge in [0.05, 0.1) is 6.20 Å². The summed E-state index contributed by atoms with van der Waals surface area (Å²) in [6, 6.07) is 7.98. The van der Waals surface area contributed by atoms with E-state index in [2.05, 4.69) is 18.8 Å². The van der Waals surface area contributed by atoms with Gasteiger partial charge in [0.15, 0.2) is 8.68 Å². The average Bonchev–Trinajstić information content (AvgIpc) is 2.86. The molecule has 0 saturated heterocycles. The summed E-state index contributed by atoms with van der Waals surface area (Å²) >= 11 is 6.67. The standard InChI is InChI=1S/C14H17ClN2O2S2/c1-10(2)12-6-4-11(5-7-12)9-17(3)21(18,19)13-8-16-14(15)20-13/h4-8,10H,9H2,1-3H3. The first kappa shape index (κ1) is 16.4. The quantitative estimate of drug-likeness (QED) is 0.830. The minimum atomic E-state index is -3.54. The molecule has 1 aromatic carbocycles. The summed E-state index contributed by atoms with van der Waals surface area (Å²) in [5.74, 6) is 0.458. The summed E-state index contributed by atoms with van der Waals surface area (Å²) in [5.41, 5.74) is 2.18. The van der Waals surface area contributed by atoms with E-state index in [1.54, 1.807) is 7.05 Å². The zero-order valence-electron chi connectivity index (χ0n) is 12.1. The highest BCUT2D eigenvalue weighted by atomic mass is 35.5. The lowest BCUT2D eigenvalue weighted by Crippen LogP contribution is -2.25. The van der Waals surface area contributed by atoms with Gasteiger partial charge in [-0.15, -0.1) is 0 Å². The Hall–Kier alpha value is -0.950. The molecule has 0 aliphatic heterocycles. The minimum absolute atomic E-state index is 0.161. The number of rotatable bonds is 5. The van der Waals surface area contributed by atoms with Gasteiger partial charge in [-0.05, 0) is 17.0 Å². The molecule has 0 aliphatic carbocycles. The smallest absolute Gasteiger partial charge is 0.232 e. The van der Waals surface area contributed by atoms with Crippen LogP contribution in [0.2, 0.25) is 4.47 Å². The first-order valence-electron chi connectivity index (χ1n) is 6.47. The number of nitrogens with zero attached hydrogens (tertiary/aromatic N) is 2. The molecule has 1 aromatic heterocycles. The SMILES string of the molecule is CC(C)c1ccc(CN(C)S(=O)(=O)c2cnc(Cl)s2)cc1. The molecule has 4 nitrogen and oxygen atoms in total. The topological polar surface area (TPSA) is 50.3 Å². The molecular formula is C14H17ClN2O2S2. The van der Waals surface area contributed by atoms with Crippen molar-refractivity contribution < 1.29 is 8.42 Å². The van der Waals surface area contributed by atoms with E-state index in [0.717, 1.165) is 16.9 Å². The molecular weight excluding hydrogens is 328 g/mol. The van der Waals surface area contributed by atoms with E-state index in [4.69, 9.17) is 11.6 Å². The predicted octanol–water partition coefficient (Wildman–Crippen LogP) is 3.74. The molecule has 0 spiro atoms. The summed E-state index contributed by atoms with van der Waals surface area (Å²) in [6.07, 6.45) is 1.29. The summed E-state index contributed by atoms with van der Waals surface area (Å²) in [7, 11) is -1.98. The number of halogens is 1. The molecule has 2 rings (SSSR count). The van der Waals surface area contributed by atoms with Gasteiger partial charge in [-0.1, -0.05) is 61.1 Å². The summed E-state index contributed by atoms with van der Waals surface area (Å²) in [6.45, 7) is 4.56. The highest BCUT2D eigenvalue weighted by Crippen LogP contribution is 2.26. The number of thiazole rings is 1. The maximum Gasteiger partial charge on any atom is 0.254 e. The number of aromatic nitrogens is 1. The molecule has 1 heterocycles. The van der Waals surface area contributed by atoms with Crippen LogP contribution in [-0.2, 0) is 16.6 Å². The molecule has 0 aliphatic rings. The van der Waals surface area contributed by atoms with Gasteiger partial charge in [0.25, 0.3) is 10.0 Å². The Morgan fingerprint density at radius 1 is 1.29 bits per heavy atom. The summed E-state index contributed by atoms with van der Waals surface area (Å²) in [4.78, 5) is 3.78. The van der Waals surface area contributed by atoms with Crippen molar-refractivity contribution in [2.45, 2.75) is 30.5 Å². The van der Waals surface area contributed by atoms with Crippen molar-refractivity contribution in [3.05, 3.63) is 46.1 Å². The Labute approximate surface area is 134 Å².